The number of piperazine rings is 1. The maximum atomic E-state index is 12.7. The summed E-state index contributed by atoms with van der Waals surface area (Å²) < 4.78 is 39.2. The van der Waals surface area contributed by atoms with E-state index in [0.717, 1.165) is 67.5 Å². The van der Waals surface area contributed by atoms with Gasteiger partial charge in [0.15, 0.2) is 0 Å². The number of primary amides is 1. The molecule has 1 aliphatic heterocycles. The van der Waals surface area contributed by atoms with Crippen molar-refractivity contribution in [3.8, 4) is 24.2 Å². The first-order valence-corrected chi connectivity index (χ1v) is 19.0. The lowest BCUT2D eigenvalue weighted by atomic mass is 9.99. The highest BCUT2D eigenvalue weighted by Crippen LogP contribution is 2.24. The van der Waals surface area contributed by atoms with Gasteiger partial charge in [-0.2, -0.15) is 13.2 Å². The molecule has 1 saturated heterocycles. The predicted octanol–water partition coefficient (Wildman–Crippen LogP) is 7.68. The minimum Gasteiger partial charge on any atom is -0.460 e. The number of aromatic nitrogens is 1. The third-order valence-electron chi connectivity index (χ3n) is 8.95. The molecular weight excluding hydrogens is 732 g/mol. The highest BCUT2D eigenvalue weighted by Gasteiger charge is 2.26. The highest BCUT2D eigenvalue weighted by atomic mass is 19.4. The summed E-state index contributed by atoms with van der Waals surface area (Å²) in [4.78, 5) is 42.6. The van der Waals surface area contributed by atoms with Crippen LogP contribution in [-0.4, -0.2) is 78.3 Å². The largest absolute Gasteiger partial charge is 0.460 e. The Hall–Kier alpha value is -5.51. The van der Waals surface area contributed by atoms with Crippen molar-refractivity contribution in [2.24, 2.45) is 11.7 Å². The third kappa shape index (κ3) is 19.3. The number of terminal acetylenes is 1. The number of nitrogens with two attached hydrogens (primary N) is 1. The van der Waals surface area contributed by atoms with Crippen LogP contribution in [0.3, 0.4) is 0 Å². The van der Waals surface area contributed by atoms with Crippen molar-refractivity contribution < 1.29 is 32.0 Å². The molecule has 3 heterocycles. The van der Waals surface area contributed by atoms with Crippen LogP contribution in [0.1, 0.15) is 61.3 Å². The predicted molar refractivity (Wildman–Crippen MR) is 221 cm³/mol. The number of benzene rings is 2. The first kappa shape index (κ1) is 47.6. The molecule has 1 aliphatic rings. The molecule has 3 N–H and O–H groups in total. The topological polar surface area (TPSA) is 122 Å². The van der Waals surface area contributed by atoms with E-state index in [1.165, 1.54) is 35.7 Å². The van der Waals surface area contributed by atoms with Gasteiger partial charge in [0.25, 0.3) is 0 Å². The summed E-state index contributed by atoms with van der Waals surface area (Å²) in [6, 6.07) is 26.4. The van der Waals surface area contributed by atoms with Crippen LogP contribution in [0.5, 0.6) is 0 Å². The van der Waals surface area contributed by atoms with Crippen LogP contribution in [0.2, 0.25) is 0 Å². The van der Waals surface area contributed by atoms with Gasteiger partial charge < -0.3 is 15.5 Å². The summed E-state index contributed by atoms with van der Waals surface area (Å²) in [5.41, 5.74) is 11.6. The Morgan fingerprint density at radius 1 is 0.965 bits per heavy atom. The number of unbranched alkanes of at least 4 members (excludes halogenated alkanes) is 1. The van der Waals surface area contributed by atoms with Gasteiger partial charge in [-0.05, 0) is 67.1 Å². The van der Waals surface area contributed by atoms with Crippen molar-refractivity contribution in [3.63, 3.8) is 0 Å². The monoisotopic (exact) mass is 787 g/mol. The average molecular weight is 788 g/mol. The molecule has 306 valence electrons. The number of rotatable bonds is 16. The molecule has 0 bridgehead atoms. The maximum absolute atomic E-state index is 12.7. The molecule has 4 aromatic rings. The fraction of sp³-hybridized carbons (Fsp3) is 0.378. The molecule has 5 rings (SSSR count). The number of nitrogens with zero attached hydrogens (tertiary/aromatic N) is 3. The smallest absolute Gasteiger partial charge is 0.405 e. The Morgan fingerprint density at radius 3 is 2.23 bits per heavy atom. The van der Waals surface area contributed by atoms with Crippen LogP contribution in [0.4, 0.5) is 13.2 Å². The van der Waals surface area contributed by atoms with E-state index in [9.17, 15) is 27.6 Å². The number of hydrogen-bond donors (Lipinski definition) is 2. The Morgan fingerprint density at radius 2 is 1.63 bits per heavy atom. The standard InChI is InChI=1S/C29H34N4O3.C11H16.C3H4F3NO.C2H2/c1-2-25-18-23(12-13-31-25)28-11-10-27(36-28)21-33-16-14-32(15-17-33)20-26(34)19-24(29(30)35)9-8-22-6-4-3-5-7-22;1-3-4-8-11-9-6-5-7-10(11)2;4-3(5,6)1-7-2-8;1-2/h3-13,18,24H,2,14-17,19-21H2,1H3,(H2,30,35);5-7,9H,3-4,8H2,1-2H3;2H,1H2,(H,7,8);1-2H. The molecule has 57 heavy (non-hydrogen) atoms. The summed E-state index contributed by atoms with van der Waals surface area (Å²) in [6.07, 6.45) is 14.0. The molecule has 0 spiro atoms. The highest BCUT2D eigenvalue weighted by molar-refractivity contribution is 5.88. The van der Waals surface area contributed by atoms with Crippen LogP contribution >= 0.6 is 0 Å². The number of hydrogen-bond acceptors (Lipinski definition) is 7. The van der Waals surface area contributed by atoms with Gasteiger partial charge in [0, 0.05) is 50.1 Å². The molecule has 2 amide bonds. The van der Waals surface area contributed by atoms with Gasteiger partial charge in [0.1, 0.15) is 23.8 Å². The van der Waals surface area contributed by atoms with E-state index >= 15 is 0 Å². The zero-order valence-corrected chi connectivity index (χ0v) is 33.2. The van der Waals surface area contributed by atoms with Crippen LogP contribution in [0.25, 0.3) is 17.4 Å². The first-order chi connectivity index (χ1) is 27.4. The third-order valence-corrected chi connectivity index (χ3v) is 8.95. The number of ketones is 1. The van der Waals surface area contributed by atoms with Gasteiger partial charge in [-0.1, -0.05) is 87.0 Å². The number of halogens is 3. The molecule has 1 atom stereocenters. The van der Waals surface area contributed by atoms with Crippen molar-refractivity contribution in [1.82, 2.24) is 20.1 Å². The van der Waals surface area contributed by atoms with Crippen LogP contribution in [0, 0.1) is 25.7 Å². The Balaban J connectivity index is 0.000000436. The Labute approximate surface area is 335 Å². The van der Waals surface area contributed by atoms with E-state index in [1.807, 2.05) is 60.8 Å². The van der Waals surface area contributed by atoms with Crippen molar-refractivity contribution in [1.29, 1.82) is 0 Å². The lowest BCUT2D eigenvalue weighted by molar-refractivity contribution is -0.132. The molecule has 0 radical (unpaired) electrons. The minimum absolute atomic E-state index is 0.00743. The summed E-state index contributed by atoms with van der Waals surface area (Å²) in [6.45, 7) is 9.63. The number of pyridine rings is 1. The van der Waals surface area contributed by atoms with Crippen molar-refractivity contribution in [2.45, 2.75) is 65.6 Å². The number of Topliss-reactive ketones (excluding diaryl/α,β-unsaturated/α-hetero) is 1. The molecule has 9 nitrogen and oxygen atoms in total. The van der Waals surface area contributed by atoms with Gasteiger partial charge in [-0.3, -0.25) is 29.2 Å². The second-order valence-corrected chi connectivity index (χ2v) is 13.4. The van der Waals surface area contributed by atoms with Gasteiger partial charge in [0.2, 0.25) is 12.3 Å². The number of alkyl halides is 3. The average Bonchev–Trinajstić information content (AvgIpc) is 3.69. The zero-order valence-electron chi connectivity index (χ0n) is 33.2. The first-order valence-electron chi connectivity index (χ1n) is 19.0. The van der Waals surface area contributed by atoms with E-state index < -0.39 is 24.5 Å². The molecule has 12 heteroatoms. The number of aryl methyl sites for hydroxylation is 3. The van der Waals surface area contributed by atoms with E-state index in [0.29, 0.717) is 6.54 Å². The lowest BCUT2D eigenvalue weighted by Crippen LogP contribution is -2.47. The van der Waals surface area contributed by atoms with Gasteiger partial charge in [0.05, 0.1) is 19.0 Å². The normalized spacial score (nSPS) is 13.5. The van der Waals surface area contributed by atoms with E-state index in [4.69, 9.17) is 10.2 Å². The van der Waals surface area contributed by atoms with E-state index in [-0.39, 0.29) is 18.6 Å². The number of carbonyl (C=O) groups is 3. The molecule has 0 aliphatic carbocycles. The minimum atomic E-state index is -4.29. The summed E-state index contributed by atoms with van der Waals surface area (Å²) in [7, 11) is 0. The second kappa shape index (κ2) is 26.4. The summed E-state index contributed by atoms with van der Waals surface area (Å²) >= 11 is 0. The van der Waals surface area contributed by atoms with Crippen molar-refractivity contribution >= 4 is 24.2 Å². The number of nitrogens with one attached hydrogen (secondary N) is 1. The second-order valence-electron chi connectivity index (χ2n) is 13.4. The maximum Gasteiger partial charge on any atom is 0.405 e. The lowest BCUT2D eigenvalue weighted by Gasteiger charge is -2.33. The molecule has 1 unspecified atom stereocenters. The molecule has 2 aromatic carbocycles. The van der Waals surface area contributed by atoms with Crippen LogP contribution < -0.4 is 11.1 Å². The quantitative estimate of drug-likeness (QED) is 0.0883. The van der Waals surface area contributed by atoms with Crippen molar-refractivity contribution in [2.75, 3.05) is 39.3 Å². The fourth-order valence-corrected chi connectivity index (χ4v) is 5.80. The molecular formula is C45H56F3N5O4. The number of furan rings is 1. The van der Waals surface area contributed by atoms with E-state index in [2.05, 4.69) is 78.7 Å². The van der Waals surface area contributed by atoms with E-state index in [1.54, 1.807) is 6.08 Å². The fourth-order valence-electron chi connectivity index (χ4n) is 5.80. The van der Waals surface area contributed by atoms with Gasteiger partial charge in [-0.25, -0.2) is 0 Å². The van der Waals surface area contributed by atoms with Crippen molar-refractivity contribution in [3.05, 3.63) is 119 Å². The Kier molecular flexibility index (Phi) is 22.0. The summed E-state index contributed by atoms with van der Waals surface area (Å²) in [5, 5.41) is 1.48. The number of amides is 2. The van der Waals surface area contributed by atoms with Crippen LogP contribution in [-0.2, 0) is 33.8 Å². The molecule has 0 saturated carbocycles. The zero-order chi connectivity index (χ0) is 42.1. The Bertz CT molecular complexity index is 1820. The summed E-state index contributed by atoms with van der Waals surface area (Å²) in [5.74, 6) is 0.747. The number of carbonyl (C=O) groups excluding carboxylic acids is 3. The SMILES string of the molecule is C#C.CCCCc1ccccc1C.CCc1cc(-c2ccc(CN3CCN(CC(=O)CC(C=Cc4ccccc4)C(N)=O)CC3)o2)ccn1.O=CNCC(F)(F)F. The van der Waals surface area contributed by atoms with Crippen LogP contribution in [0.15, 0.2) is 95.6 Å². The molecule has 1 fully saturated rings. The van der Waals surface area contributed by atoms with Gasteiger partial charge in [-0.15, -0.1) is 12.8 Å². The van der Waals surface area contributed by atoms with Gasteiger partial charge >= 0.3 is 6.18 Å². The molecule has 2 aromatic heterocycles.